The van der Waals surface area contributed by atoms with Crippen LogP contribution in [-0.4, -0.2) is 34.2 Å². The molecule has 1 aliphatic rings. The Morgan fingerprint density at radius 3 is 2.76 bits per heavy atom. The summed E-state index contributed by atoms with van der Waals surface area (Å²) in [5.41, 5.74) is 2.73. The Balaban J connectivity index is 1.57. The molecule has 29 heavy (non-hydrogen) atoms. The highest BCUT2D eigenvalue weighted by atomic mass is 79.9. The summed E-state index contributed by atoms with van der Waals surface area (Å²) in [5, 5.41) is 5.34. The third kappa shape index (κ3) is 4.27. The van der Waals surface area contributed by atoms with Crippen molar-refractivity contribution < 1.29 is 9.32 Å². The van der Waals surface area contributed by atoms with Gasteiger partial charge in [-0.15, -0.1) is 0 Å². The molecule has 0 bridgehead atoms. The van der Waals surface area contributed by atoms with Crippen molar-refractivity contribution >= 4 is 50.4 Å². The van der Waals surface area contributed by atoms with Crippen LogP contribution in [0.4, 0.5) is 0 Å². The molecule has 0 saturated carbocycles. The molecule has 8 heteroatoms. The van der Waals surface area contributed by atoms with Crippen molar-refractivity contribution in [1.29, 1.82) is 0 Å². The number of amidine groups is 1. The number of thioether (sulfide) groups is 1. The molecule has 4 rings (SSSR count). The van der Waals surface area contributed by atoms with Gasteiger partial charge >= 0.3 is 0 Å². The number of halogens is 2. The highest BCUT2D eigenvalue weighted by Crippen LogP contribution is 2.33. The van der Waals surface area contributed by atoms with Crippen molar-refractivity contribution in [1.82, 2.24) is 10.1 Å². The second kappa shape index (κ2) is 8.73. The first kappa shape index (κ1) is 20.2. The van der Waals surface area contributed by atoms with Crippen LogP contribution in [-0.2, 0) is 5.75 Å². The Morgan fingerprint density at radius 2 is 2.00 bits per heavy atom. The Hall–Kier alpha value is -2.09. The first-order valence-electron chi connectivity index (χ1n) is 8.99. The molecular formula is C21H17BrClN3O2S. The normalized spacial score (nSPS) is 13.6. The number of hydrogen-bond acceptors (Lipinski definition) is 5. The lowest BCUT2D eigenvalue weighted by Gasteiger charge is -2.18. The van der Waals surface area contributed by atoms with Crippen LogP contribution in [0.2, 0.25) is 5.02 Å². The van der Waals surface area contributed by atoms with Crippen LogP contribution in [0.15, 0.2) is 62.5 Å². The molecule has 1 aliphatic heterocycles. The second-order valence-corrected chi connectivity index (χ2v) is 8.74. The van der Waals surface area contributed by atoms with Crippen molar-refractivity contribution in [3.05, 3.63) is 74.9 Å². The minimum Gasteiger partial charge on any atom is -0.360 e. The van der Waals surface area contributed by atoms with Crippen molar-refractivity contribution in [3.63, 3.8) is 0 Å². The summed E-state index contributed by atoms with van der Waals surface area (Å²) < 4.78 is 6.39. The minimum absolute atomic E-state index is 0.168. The number of amides is 1. The van der Waals surface area contributed by atoms with E-state index in [0.717, 1.165) is 15.8 Å². The van der Waals surface area contributed by atoms with Gasteiger partial charge in [-0.3, -0.25) is 14.7 Å². The van der Waals surface area contributed by atoms with E-state index in [1.54, 1.807) is 29.7 Å². The number of aromatic nitrogens is 1. The van der Waals surface area contributed by atoms with Crippen molar-refractivity contribution in [2.75, 3.05) is 13.1 Å². The van der Waals surface area contributed by atoms with Gasteiger partial charge in [0.25, 0.3) is 5.91 Å². The molecule has 0 fully saturated rings. The van der Waals surface area contributed by atoms with Gasteiger partial charge in [0, 0.05) is 22.3 Å². The van der Waals surface area contributed by atoms with Crippen molar-refractivity contribution in [2.24, 2.45) is 4.99 Å². The van der Waals surface area contributed by atoms with Gasteiger partial charge in [-0.05, 0) is 30.7 Å². The molecule has 1 amide bonds. The molecule has 0 N–H and O–H groups in total. The van der Waals surface area contributed by atoms with Crippen LogP contribution in [0.1, 0.15) is 21.7 Å². The summed E-state index contributed by atoms with van der Waals surface area (Å²) in [6.07, 6.45) is 0. The first-order chi connectivity index (χ1) is 14.0. The van der Waals surface area contributed by atoms with E-state index in [2.05, 4.69) is 38.2 Å². The maximum atomic E-state index is 13.4. The fourth-order valence-electron chi connectivity index (χ4n) is 3.06. The summed E-state index contributed by atoms with van der Waals surface area (Å²) in [6.45, 7) is 2.86. The number of hydrogen-bond donors (Lipinski definition) is 0. The van der Waals surface area contributed by atoms with Crippen LogP contribution in [0.5, 0.6) is 0 Å². The molecule has 0 saturated heterocycles. The molecule has 0 spiro atoms. The van der Waals surface area contributed by atoms with Gasteiger partial charge in [0.05, 0.1) is 11.6 Å². The van der Waals surface area contributed by atoms with Gasteiger partial charge in [-0.25, -0.2) is 0 Å². The number of aliphatic imine (C=N–C) groups is 1. The minimum atomic E-state index is -0.168. The molecule has 5 nitrogen and oxygen atoms in total. The average molecular weight is 491 g/mol. The molecule has 0 atom stereocenters. The highest BCUT2D eigenvalue weighted by Gasteiger charge is 2.31. The zero-order chi connectivity index (χ0) is 20.4. The molecule has 148 valence electrons. The van der Waals surface area contributed by atoms with E-state index in [-0.39, 0.29) is 5.91 Å². The Morgan fingerprint density at radius 1 is 1.24 bits per heavy atom. The number of carbonyl (C=O) groups excluding carboxylic acids is 1. The fourth-order valence-corrected chi connectivity index (χ4v) is 4.55. The van der Waals surface area contributed by atoms with Gasteiger partial charge in [0.15, 0.2) is 5.17 Å². The van der Waals surface area contributed by atoms with E-state index in [0.29, 0.717) is 45.9 Å². The molecule has 1 aromatic heterocycles. The number of aryl methyl sites for hydroxylation is 1. The molecule has 0 radical (unpaired) electrons. The predicted molar refractivity (Wildman–Crippen MR) is 120 cm³/mol. The number of benzene rings is 2. The first-order valence-corrected chi connectivity index (χ1v) is 11.1. The zero-order valence-electron chi connectivity index (χ0n) is 15.6. The van der Waals surface area contributed by atoms with Gasteiger partial charge < -0.3 is 4.52 Å². The smallest absolute Gasteiger partial charge is 0.265 e. The molecule has 2 heterocycles. The van der Waals surface area contributed by atoms with E-state index < -0.39 is 0 Å². The molecule has 3 aromatic rings. The fraction of sp³-hybridized carbons (Fsp3) is 0.190. The quantitative estimate of drug-likeness (QED) is 0.463. The summed E-state index contributed by atoms with van der Waals surface area (Å²) >= 11 is 11.3. The number of carbonyl (C=O) groups is 1. The van der Waals surface area contributed by atoms with E-state index in [9.17, 15) is 4.79 Å². The second-order valence-electron chi connectivity index (χ2n) is 6.48. The summed E-state index contributed by atoms with van der Waals surface area (Å²) in [5.74, 6) is 1.03. The lowest BCUT2D eigenvalue weighted by molar-refractivity contribution is 0.0859. The predicted octanol–water partition coefficient (Wildman–Crippen LogP) is 5.81. The van der Waals surface area contributed by atoms with E-state index >= 15 is 0 Å². The third-order valence-electron chi connectivity index (χ3n) is 4.53. The van der Waals surface area contributed by atoms with Gasteiger partial charge in [-0.2, -0.15) is 0 Å². The highest BCUT2D eigenvalue weighted by molar-refractivity contribution is 9.10. The van der Waals surface area contributed by atoms with E-state index in [4.69, 9.17) is 16.1 Å². The zero-order valence-corrected chi connectivity index (χ0v) is 18.7. The van der Waals surface area contributed by atoms with Crippen LogP contribution in [0.25, 0.3) is 11.3 Å². The Kier molecular flexibility index (Phi) is 6.08. The van der Waals surface area contributed by atoms with Crippen LogP contribution < -0.4 is 0 Å². The van der Waals surface area contributed by atoms with Crippen LogP contribution >= 0.6 is 39.3 Å². The van der Waals surface area contributed by atoms with Crippen LogP contribution in [0.3, 0.4) is 0 Å². The lowest BCUT2D eigenvalue weighted by Crippen LogP contribution is -2.33. The summed E-state index contributed by atoms with van der Waals surface area (Å²) in [7, 11) is 0. The largest absolute Gasteiger partial charge is 0.360 e. The Labute approximate surface area is 186 Å². The summed E-state index contributed by atoms with van der Waals surface area (Å²) in [4.78, 5) is 19.6. The van der Waals surface area contributed by atoms with E-state index in [1.807, 2.05) is 30.3 Å². The van der Waals surface area contributed by atoms with Crippen molar-refractivity contribution in [3.8, 4) is 11.3 Å². The molecular weight excluding hydrogens is 474 g/mol. The molecule has 0 aliphatic carbocycles. The topological polar surface area (TPSA) is 58.7 Å². The maximum absolute atomic E-state index is 13.4. The van der Waals surface area contributed by atoms with Gasteiger partial charge in [0.2, 0.25) is 0 Å². The van der Waals surface area contributed by atoms with Crippen molar-refractivity contribution in [2.45, 2.75) is 12.7 Å². The van der Waals surface area contributed by atoms with E-state index in [1.165, 1.54) is 0 Å². The molecule has 0 unspecified atom stereocenters. The van der Waals surface area contributed by atoms with Gasteiger partial charge in [-0.1, -0.05) is 74.8 Å². The average Bonchev–Trinajstić information content (AvgIpc) is 3.34. The lowest BCUT2D eigenvalue weighted by atomic mass is 10.1. The Bertz CT molecular complexity index is 1080. The summed E-state index contributed by atoms with van der Waals surface area (Å²) in [6, 6.07) is 15.4. The monoisotopic (exact) mass is 489 g/mol. The number of rotatable bonds is 4. The third-order valence-corrected chi connectivity index (χ3v) is 6.48. The number of nitrogens with zero attached hydrogens (tertiary/aromatic N) is 3. The maximum Gasteiger partial charge on any atom is 0.265 e. The van der Waals surface area contributed by atoms with Crippen LogP contribution in [0, 0.1) is 6.92 Å². The standard InChI is InChI=1S/C21H17BrClN3O2S/c1-13-18(19(25-28-13)16-4-2-3-5-17(16)23)20(27)26-11-10-24-21(26)29-12-14-6-8-15(22)9-7-14/h2-9H,10-12H2,1H3. The SMILES string of the molecule is Cc1onc(-c2ccccc2Cl)c1C(=O)N1CCN=C1SCc1ccc(Br)cc1. The van der Waals surface area contributed by atoms with Gasteiger partial charge in [0.1, 0.15) is 17.0 Å². The molecule has 2 aromatic carbocycles.